The van der Waals surface area contributed by atoms with Crippen LogP contribution < -0.4 is 0 Å². The standard InChI is InChI=1S/C14H18N2O4/c1-10-12(4-3-5-15-10)14(18)16-6-7-20-11(9-16)8-13(17)19-2/h3-5,11H,6-9H2,1-2H3. The molecule has 0 radical (unpaired) electrons. The second-order valence-electron chi connectivity index (χ2n) is 4.66. The van der Waals surface area contributed by atoms with Crippen molar-refractivity contribution in [3.8, 4) is 0 Å². The van der Waals surface area contributed by atoms with Gasteiger partial charge in [0.05, 0.1) is 31.8 Å². The van der Waals surface area contributed by atoms with Gasteiger partial charge in [0.2, 0.25) is 0 Å². The molecule has 0 bridgehead atoms. The van der Waals surface area contributed by atoms with Crippen molar-refractivity contribution >= 4 is 11.9 Å². The first kappa shape index (κ1) is 14.5. The fraction of sp³-hybridized carbons (Fsp3) is 0.500. The summed E-state index contributed by atoms with van der Waals surface area (Å²) in [5, 5.41) is 0. The molecule has 1 aromatic rings. The number of carbonyl (C=O) groups excluding carboxylic acids is 2. The lowest BCUT2D eigenvalue weighted by Crippen LogP contribution is -2.46. The predicted octanol–water partition coefficient (Wildman–Crippen LogP) is 0.794. The molecular formula is C14H18N2O4. The Balaban J connectivity index is 2.03. The first-order valence-electron chi connectivity index (χ1n) is 6.51. The Hall–Kier alpha value is -1.95. The van der Waals surface area contributed by atoms with Crippen molar-refractivity contribution in [1.82, 2.24) is 9.88 Å². The van der Waals surface area contributed by atoms with E-state index in [0.29, 0.717) is 31.0 Å². The van der Waals surface area contributed by atoms with Crippen molar-refractivity contribution in [2.75, 3.05) is 26.8 Å². The Labute approximate surface area is 117 Å². The summed E-state index contributed by atoms with van der Waals surface area (Å²) in [6.45, 7) is 3.14. The third-order valence-electron chi connectivity index (χ3n) is 3.29. The zero-order valence-corrected chi connectivity index (χ0v) is 11.7. The molecule has 6 heteroatoms. The monoisotopic (exact) mass is 278 g/mol. The zero-order chi connectivity index (χ0) is 14.5. The van der Waals surface area contributed by atoms with E-state index in [1.54, 1.807) is 30.2 Å². The molecule has 1 aliphatic heterocycles. The minimum atomic E-state index is -0.332. The Morgan fingerprint density at radius 1 is 1.55 bits per heavy atom. The molecule has 0 N–H and O–H groups in total. The number of hydrogen-bond donors (Lipinski definition) is 0. The smallest absolute Gasteiger partial charge is 0.308 e. The molecule has 1 aromatic heterocycles. The molecule has 1 atom stereocenters. The van der Waals surface area contributed by atoms with Gasteiger partial charge in [-0.05, 0) is 19.1 Å². The number of nitrogens with zero attached hydrogens (tertiary/aromatic N) is 2. The lowest BCUT2D eigenvalue weighted by molar-refractivity contribution is -0.145. The van der Waals surface area contributed by atoms with Gasteiger partial charge in [0.15, 0.2) is 0 Å². The molecule has 1 aliphatic rings. The summed E-state index contributed by atoms with van der Waals surface area (Å²) in [6.07, 6.45) is 1.51. The van der Waals surface area contributed by atoms with Crippen molar-refractivity contribution in [1.29, 1.82) is 0 Å². The van der Waals surface area contributed by atoms with Crippen LogP contribution in [0.4, 0.5) is 0 Å². The predicted molar refractivity (Wildman–Crippen MR) is 71.3 cm³/mol. The summed E-state index contributed by atoms with van der Waals surface area (Å²) < 4.78 is 10.1. The Kier molecular flexibility index (Phi) is 4.68. The number of morpholine rings is 1. The van der Waals surface area contributed by atoms with Crippen molar-refractivity contribution in [3.63, 3.8) is 0 Å². The van der Waals surface area contributed by atoms with Gasteiger partial charge < -0.3 is 14.4 Å². The zero-order valence-electron chi connectivity index (χ0n) is 11.7. The molecule has 1 fully saturated rings. The van der Waals surface area contributed by atoms with Crippen molar-refractivity contribution < 1.29 is 19.1 Å². The van der Waals surface area contributed by atoms with Crippen LogP contribution >= 0.6 is 0 Å². The van der Waals surface area contributed by atoms with Gasteiger partial charge in [-0.2, -0.15) is 0 Å². The van der Waals surface area contributed by atoms with E-state index >= 15 is 0 Å². The van der Waals surface area contributed by atoms with Gasteiger partial charge in [-0.25, -0.2) is 0 Å². The fourth-order valence-corrected chi connectivity index (χ4v) is 2.18. The second-order valence-corrected chi connectivity index (χ2v) is 4.66. The topological polar surface area (TPSA) is 68.7 Å². The summed E-state index contributed by atoms with van der Waals surface area (Å²) >= 11 is 0. The van der Waals surface area contributed by atoms with Crippen LogP contribution in [0, 0.1) is 6.92 Å². The molecular weight excluding hydrogens is 260 g/mol. The van der Waals surface area contributed by atoms with Gasteiger partial charge in [-0.1, -0.05) is 0 Å². The van der Waals surface area contributed by atoms with Crippen molar-refractivity contribution in [3.05, 3.63) is 29.6 Å². The molecule has 0 spiro atoms. The van der Waals surface area contributed by atoms with Gasteiger partial charge in [0.25, 0.3) is 5.91 Å². The van der Waals surface area contributed by atoms with Crippen LogP contribution in [-0.2, 0) is 14.3 Å². The van der Waals surface area contributed by atoms with Gasteiger partial charge in [0.1, 0.15) is 0 Å². The minimum absolute atomic E-state index is 0.0752. The fourth-order valence-electron chi connectivity index (χ4n) is 2.18. The van der Waals surface area contributed by atoms with Crippen molar-refractivity contribution in [2.24, 2.45) is 0 Å². The summed E-state index contributed by atoms with van der Waals surface area (Å²) in [4.78, 5) is 29.5. The average molecular weight is 278 g/mol. The van der Waals surface area contributed by atoms with Crippen LogP contribution in [0.5, 0.6) is 0 Å². The highest BCUT2D eigenvalue weighted by atomic mass is 16.5. The Morgan fingerprint density at radius 2 is 2.35 bits per heavy atom. The van der Waals surface area contributed by atoms with Crippen LogP contribution in [0.25, 0.3) is 0 Å². The second kappa shape index (κ2) is 6.47. The summed E-state index contributed by atoms with van der Waals surface area (Å²) in [7, 11) is 1.34. The lowest BCUT2D eigenvalue weighted by atomic mass is 10.1. The van der Waals surface area contributed by atoms with Gasteiger partial charge in [0, 0.05) is 25.0 Å². The quantitative estimate of drug-likeness (QED) is 0.765. The van der Waals surface area contributed by atoms with Crippen LogP contribution in [0.1, 0.15) is 22.5 Å². The molecule has 1 unspecified atom stereocenters. The van der Waals surface area contributed by atoms with E-state index in [1.165, 1.54) is 7.11 Å². The van der Waals surface area contributed by atoms with E-state index in [0.717, 1.165) is 0 Å². The lowest BCUT2D eigenvalue weighted by Gasteiger charge is -2.32. The Morgan fingerprint density at radius 3 is 3.05 bits per heavy atom. The molecule has 2 rings (SSSR count). The van der Waals surface area contributed by atoms with E-state index in [-0.39, 0.29) is 24.4 Å². The summed E-state index contributed by atoms with van der Waals surface area (Å²) in [5.41, 5.74) is 1.29. The van der Waals surface area contributed by atoms with E-state index < -0.39 is 0 Å². The highest BCUT2D eigenvalue weighted by Crippen LogP contribution is 2.14. The summed E-state index contributed by atoms with van der Waals surface area (Å²) in [6, 6.07) is 3.50. The van der Waals surface area contributed by atoms with Gasteiger partial charge in [-0.15, -0.1) is 0 Å². The van der Waals surface area contributed by atoms with E-state index in [1.807, 2.05) is 0 Å². The number of pyridine rings is 1. The van der Waals surface area contributed by atoms with Gasteiger partial charge >= 0.3 is 5.97 Å². The minimum Gasteiger partial charge on any atom is -0.469 e. The first-order valence-corrected chi connectivity index (χ1v) is 6.51. The molecule has 0 aliphatic carbocycles. The first-order chi connectivity index (χ1) is 9.61. The largest absolute Gasteiger partial charge is 0.469 e. The van der Waals surface area contributed by atoms with E-state index in [4.69, 9.17) is 4.74 Å². The number of hydrogen-bond acceptors (Lipinski definition) is 5. The number of esters is 1. The van der Waals surface area contributed by atoms with Crippen LogP contribution in [0.3, 0.4) is 0 Å². The number of aryl methyl sites for hydroxylation is 1. The normalized spacial score (nSPS) is 18.7. The third-order valence-corrected chi connectivity index (χ3v) is 3.29. The number of aromatic nitrogens is 1. The Bertz CT molecular complexity index is 504. The van der Waals surface area contributed by atoms with E-state index in [2.05, 4.69) is 9.72 Å². The molecule has 0 aromatic carbocycles. The van der Waals surface area contributed by atoms with Crippen LogP contribution in [0.2, 0.25) is 0 Å². The van der Waals surface area contributed by atoms with Crippen LogP contribution in [-0.4, -0.2) is 54.7 Å². The average Bonchev–Trinajstić information content (AvgIpc) is 2.47. The highest BCUT2D eigenvalue weighted by molar-refractivity contribution is 5.95. The molecule has 1 amide bonds. The van der Waals surface area contributed by atoms with Gasteiger partial charge in [-0.3, -0.25) is 14.6 Å². The molecule has 108 valence electrons. The van der Waals surface area contributed by atoms with E-state index in [9.17, 15) is 9.59 Å². The maximum absolute atomic E-state index is 12.4. The number of carbonyl (C=O) groups is 2. The summed E-state index contributed by atoms with van der Waals surface area (Å²) in [5.74, 6) is -0.407. The molecule has 2 heterocycles. The maximum atomic E-state index is 12.4. The van der Waals surface area contributed by atoms with Crippen molar-refractivity contribution in [2.45, 2.75) is 19.4 Å². The van der Waals surface area contributed by atoms with Crippen LogP contribution in [0.15, 0.2) is 18.3 Å². The number of amides is 1. The molecule has 20 heavy (non-hydrogen) atoms. The maximum Gasteiger partial charge on any atom is 0.308 e. The molecule has 0 saturated carbocycles. The number of methoxy groups -OCH3 is 1. The SMILES string of the molecule is COC(=O)CC1CN(C(=O)c2cccnc2C)CCO1. The number of ether oxygens (including phenoxy) is 2. The highest BCUT2D eigenvalue weighted by Gasteiger charge is 2.27. The third kappa shape index (κ3) is 3.33. The molecule has 6 nitrogen and oxygen atoms in total. The molecule has 1 saturated heterocycles. The number of rotatable bonds is 3.